The highest BCUT2D eigenvalue weighted by Gasteiger charge is 2.25. The molecule has 0 radical (unpaired) electrons. The fraction of sp³-hybridized carbons (Fsp3) is 0.588. The molecule has 3 rings (SSSR count). The average Bonchev–Trinajstić information content (AvgIpc) is 3.12. The summed E-state index contributed by atoms with van der Waals surface area (Å²) in [5.41, 5.74) is 5.34. The lowest BCUT2D eigenvalue weighted by Gasteiger charge is -2.21. The first kappa shape index (κ1) is 16.3. The number of anilines is 1. The first-order valence-electron chi connectivity index (χ1n) is 8.16. The highest BCUT2D eigenvalue weighted by molar-refractivity contribution is 7.09. The lowest BCUT2D eigenvalue weighted by Crippen LogP contribution is -2.28. The minimum Gasteiger partial charge on any atom is -0.355 e. The van der Waals surface area contributed by atoms with Crippen LogP contribution in [0, 0.1) is 26.7 Å². The maximum absolute atomic E-state index is 4.36. The summed E-state index contributed by atoms with van der Waals surface area (Å²) >= 11 is 1.75. The Bertz CT molecular complexity index is 669. The molecule has 0 aliphatic carbocycles. The molecule has 23 heavy (non-hydrogen) atoms. The molecule has 0 unspecified atom stereocenters. The molecule has 2 aromatic rings. The summed E-state index contributed by atoms with van der Waals surface area (Å²) < 4.78 is 0. The van der Waals surface area contributed by atoms with Gasteiger partial charge in [-0.15, -0.1) is 16.4 Å². The van der Waals surface area contributed by atoms with Crippen LogP contribution < -0.4 is 4.90 Å². The Balaban J connectivity index is 1.55. The van der Waals surface area contributed by atoms with Crippen molar-refractivity contribution < 1.29 is 0 Å². The van der Waals surface area contributed by atoms with Crippen molar-refractivity contribution in [1.29, 1.82) is 0 Å². The zero-order valence-electron chi connectivity index (χ0n) is 14.4. The van der Waals surface area contributed by atoms with Gasteiger partial charge in [-0.3, -0.25) is 0 Å². The minimum atomic E-state index is 0.691. The van der Waals surface area contributed by atoms with Gasteiger partial charge in [0, 0.05) is 31.1 Å². The van der Waals surface area contributed by atoms with E-state index in [4.69, 9.17) is 0 Å². The molecule has 0 amide bonds. The number of aromatic nitrogens is 3. The number of hydrogen-bond acceptors (Lipinski definition) is 6. The standard InChI is InChI=1S/C17H25N5S/c1-12-7-17(20-19-13(12)2)22-6-5-15(9-22)8-21(4)10-16-14(3)18-11-23-16/h7,11,15H,5-6,8-10H2,1-4H3/t15-/m1/s1. The maximum atomic E-state index is 4.36. The SMILES string of the molecule is Cc1cc(N2CC[C@H](CN(C)Cc3scnc3C)C2)nnc1C. The van der Waals surface area contributed by atoms with Crippen molar-refractivity contribution in [2.24, 2.45) is 5.92 Å². The van der Waals surface area contributed by atoms with Crippen molar-refractivity contribution in [2.75, 3.05) is 31.6 Å². The van der Waals surface area contributed by atoms with E-state index in [1.807, 2.05) is 12.4 Å². The van der Waals surface area contributed by atoms with Gasteiger partial charge in [0.25, 0.3) is 0 Å². The summed E-state index contributed by atoms with van der Waals surface area (Å²) in [5, 5.41) is 8.62. The molecule has 5 nitrogen and oxygen atoms in total. The normalized spacial score (nSPS) is 18.1. The molecule has 2 aromatic heterocycles. The Hall–Kier alpha value is -1.53. The summed E-state index contributed by atoms with van der Waals surface area (Å²) in [6.45, 7) is 10.5. The lowest BCUT2D eigenvalue weighted by molar-refractivity contribution is 0.281. The number of rotatable bonds is 5. The van der Waals surface area contributed by atoms with Crippen LogP contribution in [0.2, 0.25) is 0 Å². The smallest absolute Gasteiger partial charge is 0.151 e. The molecule has 1 atom stereocenters. The van der Waals surface area contributed by atoms with Gasteiger partial charge in [-0.1, -0.05) is 0 Å². The summed E-state index contributed by atoms with van der Waals surface area (Å²) in [4.78, 5) is 10.5. The van der Waals surface area contributed by atoms with Gasteiger partial charge in [-0.2, -0.15) is 5.10 Å². The quantitative estimate of drug-likeness (QED) is 0.843. The number of nitrogens with zero attached hydrogens (tertiary/aromatic N) is 5. The molecule has 0 saturated carbocycles. The van der Waals surface area contributed by atoms with Gasteiger partial charge in [0.1, 0.15) is 0 Å². The Morgan fingerprint density at radius 2 is 2.09 bits per heavy atom. The molecular formula is C17H25N5S. The average molecular weight is 331 g/mol. The van der Waals surface area contributed by atoms with Crippen LogP contribution in [0.1, 0.15) is 28.2 Å². The highest BCUT2D eigenvalue weighted by Crippen LogP contribution is 2.24. The molecule has 0 N–H and O–H groups in total. The summed E-state index contributed by atoms with van der Waals surface area (Å²) in [5.74, 6) is 1.72. The van der Waals surface area contributed by atoms with E-state index in [0.29, 0.717) is 5.92 Å². The van der Waals surface area contributed by atoms with Crippen molar-refractivity contribution in [2.45, 2.75) is 33.7 Å². The first-order chi connectivity index (χ1) is 11.0. The largest absolute Gasteiger partial charge is 0.355 e. The van der Waals surface area contributed by atoms with Crippen molar-refractivity contribution in [3.63, 3.8) is 0 Å². The molecule has 3 heterocycles. The second-order valence-corrected chi connectivity index (χ2v) is 7.57. The lowest BCUT2D eigenvalue weighted by atomic mass is 10.1. The third kappa shape index (κ3) is 3.87. The van der Waals surface area contributed by atoms with Crippen LogP contribution in [0.4, 0.5) is 5.82 Å². The van der Waals surface area contributed by atoms with Gasteiger partial charge in [-0.05, 0) is 51.8 Å². The first-order valence-corrected chi connectivity index (χ1v) is 9.04. The summed E-state index contributed by atoms with van der Waals surface area (Å²) in [6.07, 6.45) is 1.22. The van der Waals surface area contributed by atoms with Crippen LogP contribution >= 0.6 is 11.3 Å². The number of thiazole rings is 1. The second-order valence-electron chi connectivity index (χ2n) is 6.63. The fourth-order valence-corrected chi connectivity index (χ4v) is 3.96. The van der Waals surface area contributed by atoms with Crippen LogP contribution in [0.5, 0.6) is 0 Å². The monoisotopic (exact) mass is 331 g/mol. The van der Waals surface area contributed by atoms with E-state index in [1.54, 1.807) is 11.3 Å². The van der Waals surface area contributed by atoms with Crippen LogP contribution in [0.3, 0.4) is 0 Å². The van der Waals surface area contributed by atoms with E-state index < -0.39 is 0 Å². The van der Waals surface area contributed by atoms with Gasteiger partial charge < -0.3 is 9.80 Å². The molecule has 1 aliphatic rings. The molecule has 0 aromatic carbocycles. The zero-order chi connectivity index (χ0) is 16.4. The zero-order valence-corrected chi connectivity index (χ0v) is 15.2. The predicted molar refractivity (Wildman–Crippen MR) is 95.0 cm³/mol. The number of aryl methyl sites for hydroxylation is 3. The molecular weight excluding hydrogens is 306 g/mol. The molecule has 6 heteroatoms. The van der Waals surface area contributed by atoms with Gasteiger partial charge in [-0.25, -0.2) is 4.98 Å². The molecule has 1 aliphatic heterocycles. The predicted octanol–water partition coefficient (Wildman–Crippen LogP) is 2.82. The van der Waals surface area contributed by atoms with E-state index in [2.05, 4.69) is 51.9 Å². The Kier molecular flexibility index (Phi) is 4.92. The van der Waals surface area contributed by atoms with E-state index in [0.717, 1.165) is 37.7 Å². The van der Waals surface area contributed by atoms with Crippen molar-refractivity contribution in [3.8, 4) is 0 Å². The van der Waals surface area contributed by atoms with E-state index in [9.17, 15) is 0 Å². The second kappa shape index (κ2) is 6.93. The van der Waals surface area contributed by atoms with E-state index in [-0.39, 0.29) is 0 Å². The Labute approximate surface area is 142 Å². The third-order valence-corrected chi connectivity index (χ3v) is 5.58. The van der Waals surface area contributed by atoms with Crippen molar-refractivity contribution in [3.05, 3.63) is 33.4 Å². The number of hydrogen-bond donors (Lipinski definition) is 0. The molecule has 0 spiro atoms. The van der Waals surface area contributed by atoms with Crippen molar-refractivity contribution >= 4 is 17.2 Å². The van der Waals surface area contributed by atoms with Crippen LogP contribution in [-0.4, -0.2) is 46.8 Å². The van der Waals surface area contributed by atoms with Crippen LogP contribution in [0.25, 0.3) is 0 Å². The third-order valence-electron chi connectivity index (χ3n) is 4.66. The van der Waals surface area contributed by atoms with Crippen LogP contribution in [-0.2, 0) is 6.54 Å². The molecule has 124 valence electrons. The molecule has 1 fully saturated rings. The van der Waals surface area contributed by atoms with Gasteiger partial charge in [0.15, 0.2) is 5.82 Å². The molecule has 1 saturated heterocycles. The van der Waals surface area contributed by atoms with Crippen molar-refractivity contribution in [1.82, 2.24) is 20.1 Å². The molecule has 0 bridgehead atoms. The van der Waals surface area contributed by atoms with E-state index >= 15 is 0 Å². The topological polar surface area (TPSA) is 45.2 Å². The summed E-state index contributed by atoms with van der Waals surface area (Å²) in [7, 11) is 2.21. The Morgan fingerprint density at radius 3 is 2.78 bits per heavy atom. The van der Waals surface area contributed by atoms with Gasteiger partial charge in [0.05, 0.1) is 16.9 Å². The van der Waals surface area contributed by atoms with Gasteiger partial charge in [0.2, 0.25) is 0 Å². The maximum Gasteiger partial charge on any atom is 0.151 e. The van der Waals surface area contributed by atoms with Crippen LogP contribution in [0.15, 0.2) is 11.6 Å². The van der Waals surface area contributed by atoms with Gasteiger partial charge >= 0.3 is 0 Å². The fourth-order valence-electron chi connectivity index (χ4n) is 3.10. The highest BCUT2D eigenvalue weighted by atomic mass is 32.1. The Morgan fingerprint density at radius 1 is 1.26 bits per heavy atom. The minimum absolute atomic E-state index is 0.691. The van der Waals surface area contributed by atoms with E-state index in [1.165, 1.54) is 22.6 Å². The summed E-state index contributed by atoms with van der Waals surface area (Å²) in [6, 6.07) is 2.16.